The SMILES string of the molecule is CC(C)C.CC(C)C.CC(C)C.CC(C)C(F)(F)F.CCC.CCC(F)(F)CC.CCCC.CCCC(C)F.CCCCC.CCCCC.CCCCC(F)F.[2H]C(C)(C)C.[2H]C(C)(C)C.[2H]C([2H])(C)C.[2H]C([2H])(C)CC. The van der Waals surface area contributed by atoms with Crippen LogP contribution in [-0.2, 0) is 0 Å². The lowest BCUT2D eigenvalue weighted by atomic mass is 10.2. The van der Waals surface area contributed by atoms with Crippen molar-refractivity contribution in [2.75, 3.05) is 0 Å². The first kappa shape index (κ1) is 90.0. The number of hydrogen-bond donors (Lipinski definition) is 0. The van der Waals surface area contributed by atoms with Crippen molar-refractivity contribution in [2.24, 2.45) is 35.5 Å². The maximum Gasteiger partial charge on any atom is 0.391 e. The molecule has 8 heteroatoms. The van der Waals surface area contributed by atoms with Gasteiger partial charge >= 0.3 is 6.18 Å². The fourth-order valence-corrected chi connectivity index (χ4v) is 1.71. The summed E-state index contributed by atoms with van der Waals surface area (Å²) in [5, 5.41) is 0. The van der Waals surface area contributed by atoms with Crippen LogP contribution in [0, 0.1) is 35.5 Å². The van der Waals surface area contributed by atoms with Gasteiger partial charge in [0.25, 0.3) is 0 Å². The minimum atomic E-state index is -4.00. The van der Waals surface area contributed by atoms with Crippen LogP contribution in [0.25, 0.3) is 0 Å². The van der Waals surface area contributed by atoms with Gasteiger partial charge in [0.15, 0.2) is 0 Å². The summed E-state index contributed by atoms with van der Waals surface area (Å²) in [5.41, 5.74) is 0. The molecule has 0 rings (SSSR count). The van der Waals surface area contributed by atoms with E-state index in [1.807, 2.05) is 62.3 Å². The van der Waals surface area contributed by atoms with Crippen LogP contribution in [0.3, 0.4) is 0 Å². The van der Waals surface area contributed by atoms with Crippen molar-refractivity contribution in [3.63, 3.8) is 0 Å². The van der Waals surface area contributed by atoms with Gasteiger partial charge in [-0.15, -0.1) is 0 Å². The molecular weight excluding hydrogens is 909 g/mol. The highest BCUT2D eigenvalue weighted by Crippen LogP contribution is 2.24. The maximum absolute atomic E-state index is 11.9. The molecule has 0 aliphatic heterocycles. The summed E-state index contributed by atoms with van der Waals surface area (Å²) >= 11 is 0. The van der Waals surface area contributed by atoms with Crippen LogP contribution < -0.4 is 0 Å². The van der Waals surface area contributed by atoms with Gasteiger partial charge in [-0.05, 0) is 49.3 Å². The first-order valence-electron chi connectivity index (χ1n) is 31.4. The third-order valence-corrected chi connectivity index (χ3v) is 5.42. The Kier molecular flexibility index (Phi) is 139. The zero-order chi connectivity index (χ0) is 66.5. The van der Waals surface area contributed by atoms with Gasteiger partial charge in [0, 0.05) is 33.4 Å². The van der Waals surface area contributed by atoms with Gasteiger partial charge in [-0.3, -0.25) is 0 Å². The minimum absolute atomic E-state index is 0.0382. The molecule has 0 saturated carbocycles. The van der Waals surface area contributed by atoms with Gasteiger partial charge in [-0.25, -0.2) is 22.0 Å². The third kappa shape index (κ3) is 529. The summed E-state index contributed by atoms with van der Waals surface area (Å²) in [7, 11) is 0. The predicted molar refractivity (Wildman–Crippen MR) is 323 cm³/mol. The van der Waals surface area contributed by atoms with Gasteiger partial charge < -0.3 is 0 Å². The number of hydrogen-bond acceptors (Lipinski definition) is 0. The van der Waals surface area contributed by atoms with E-state index in [0.717, 1.165) is 44.4 Å². The van der Waals surface area contributed by atoms with Crippen LogP contribution in [0.15, 0.2) is 0 Å². The molecule has 0 N–H and O–H groups in total. The molecule has 0 spiro atoms. The van der Waals surface area contributed by atoms with Gasteiger partial charge in [-0.1, -0.05) is 318 Å². The summed E-state index contributed by atoms with van der Waals surface area (Å²) in [6, 6.07) is 0. The molecule has 0 heterocycles. The number of unbranched alkanes of at least 4 members (excludes halogenated alkanes) is 6. The molecule has 0 aromatic rings. The topological polar surface area (TPSA) is 0 Å². The molecular formula is C63H148F8. The van der Waals surface area contributed by atoms with Crippen molar-refractivity contribution >= 4 is 0 Å². The normalized spacial score (nSPS) is 11.7. The molecule has 0 nitrogen and oxygen atoms in total. The molecule has 0 aliphatic rings. The fourth-order valence-electron chi connectivity index (χ4n) is 1.71. The average molecular weight is 1060 g/mol. The Hall–Kier alpha value is -0.560. The summed E-state index contributed by atoms with van der Waals surface area (Å²) in [6.45, 7) is 65.2. The molecule has 1 unspecified atom stereocenters. The molecule has 0 aromatic heterocycles. The zero-order valence-electron chi connectivity index (χ0n) is 61.5. The maximum atomic E-state index is 11.9. The van der Waals surface area contributed by atoms with Crippen molar-refractivity contribution in [3.05, 3.63) is 0 Å². The highest BCUT2D eigenvalue weighted by Gasteiger charge is 2.31. The van der Waals surface area contributed by atoms with Crippen LogP contribution >= 0.6 is 0 Å². The Balaban J connectivity index is -0.0000000414. The van der Waals surface area contributed by atoms with E-state index in [2.05, 4.69) is 118 Å². The van der Waals surface area contributed by atoms with Gasteiger partial charge in [0.1, 0.15) is 0 Å². The van der Waals surface area contributed by atoms with Crippen LogP contribution in [0.5, 0.6) is 0 Å². The molecule has 1 atom stereocenters. The number of alkyl halides is 8. The Bertz CT molecular complexity index is 786. The van der Waals surface area contributed by atoms with Crippen LogP contribution in [0.4, 0.5) is 35.1 Å². The smallest absolute Gasteiger partial charge is 0.248 e. The van der Waals surface area contributed by atoms with Crippen molar-refractivity contribution in [1.82, 2.24) is 0 Å². The predicted octanol–water partition coefficient (Wildman–Crippen LogP) is 28.4. The molecule has 0 fully saturated rings. The fraction of sp³-hybridized carbons (Fsp3) is 1.00. The van der Waals surface area contributed by atoms with Crippen molar-refractivity contribution < 1.29 is 43.3 Å². The van der Waals surface area contributed by atoms with E-state index in [1.165, 1.54) is 85.5 Å². The lowest BCUT2D eigenvalue weighted by Crippen LogP contribution is -2.15. The highest BCUT2D eigenvalue weighted by atomic mass is 19.4. The lowest BCUT2D eigenvalue weighted by molar-refractivity contribution is -0.164. The monoisotopic (exact) mass is 1060 g/mol. The number of rotatable bonds is 13. The summed E-state index contributed by atoms with van der Waals surface area (Å²) < 4.78 is 132. The second-order valence-corrected chi connectivity index (χ2v) is 20.2. The first-order valence-corrected chi connectivity index (χ1v) is 28.4. The molecule has 0 bridgehead atoms. The molecule has 456 valence electrons. The van der Waals surface area contributed by atoms with E-state index in [9.17, 15) is 35.1 Å². The summed E-state index contributed by atoms with van der Waals surface area (Å²) in [4.78, 5) is 0. The van der Waals surface area contributed by atoms with Crippen molar-refractivity contribution in [2.45, 2.75) is 382 Å². The quantitative estimate of drug-likeness (QED) is 0.161. The summed E-state index contributed by atoms with van der Waals surface area (Å²) in [6.07, 6.45) is 7.16. The van der Waals surface area contributed by atoms with Crippen LogP contribution in [0.1, 0.15) is 366 Å². The van der Waals surface area contributed by atoms with Gasteiger partial charge in [0.05, 0.1) is 6.17 Å². The third-order valence-electron chi connectivity index (χ3n) is 5.42. The highest BCUT2D eigenvalue weighted by molar-refractivity contribution is 4.58. The largest absolute Gasteiger partial charge is 0.391 e. The van der Waals surface area contributed by atoms with Crippen molar-refractivity contribution in [1.29, 1.82) is 0 Å². The minimum Gasteiger partial charge on any atom is -0.248 e. The Morgan fingerprint density at radius 3 is 0.563 bits per heavy atom. The second-order valence-electron chi connectivity index (χ2n) is 20.2. The van der Waals surface area contributed by atoms with Crippen LogP contribution in [-0.4, -0.2) is 24.7 Å². The summed E-state index contributed by atoms with van der Waals surface area (Å²) in [5.74, 6) is -1.62. The molecule has 0 aromatic carbocycles. The molecule has 0 amide bonds. The lowest BCUT2D eigenvalue weighted by Gasteiger charge is -2.08. The Morgan fingerprint density at radius 1 is 0.366 bits per heavy atom. The molecule has 71 heavy (non-hydrogen) atoms. The Morgan fingerprint density at radius 2 is 0.549 bits per heavy atom. The van der Waals surface area contributed by atoms with Crippen LogP contribution in [0.2, 0.25) is 0 Å². The zero-order valence-corrected chi connectivity index (χ0v) is 55.5. The van der Waals surface area contributed by atoms with Crippen molar-refractivity contribution in [3.8, 4) is 0 Å². The van der Waals surface area contributed by atoms with Gasteiger partial charge in [0.2, 0.25) is 12.3 Å². The average Bonchev–Trinajstić information content (AvgIpc) is 3.19. The molecule has 0 aliphatic carbocycles. The first-order chi connectivity index (χ1) is 34.0. The van der Waals surface area contributed by atoms with E-state index in [0.29, 0.717) is 19.3 Å². The second kappa shape index (κ2) is 110. The van der Waals surface area contributed by atoms with E-state index < -0.39 is 43.4 Å². The molecule has 0 radical (unpaired) electrons. The van der Waals surface area contributed by atoms with Gasteiger partial charge in [-0.2, -0.15) is 13.2 Å². The number of halogens is 8. The van der Waals surface area contributed by atoms with E-state index in [1.54, 1.807) is 13.8 Å². The molecule has 0 saturated heterocycles. The van der Waals surface area contributed by atoms with E-state index in [4.69, 9.17) is 8.22 Å². The van der Waals surface area contributed by atoms with E-state index >= 15 is 0 Å². The standard InChI is InChI=1S/2C5H10F2.C5H11F.2C5H12.C4H7F3.7C4H10.2C3H8/c1-3-5(6,7)4-2;1-2-3-4-5(6)7;1-3-4-5(2)6;2*1-3-5-4-2;1-3(2)4(5,6)7;5*1-4(2)3;2*1-3-4-2;2*1-3-2/h3-4H2,1-2H3;5H,2-4H2,1H3;5H,3-4H2,1-2H3;2*3-5H2,1-2H3;3H,1-2H3;5*4H,1-3H3;2*3-4H2,1-2H3;2*3H2,1-2H3/i;;;;;;2*4D;;;;3D2;;3D2;. The van der Waals surface area contributed by atoms with E-state index in [-0.39, 0.29) is 31.1 Å². The Labute approximate surface area is 459 Å².